The molecule has 3 aliphatic rings. The lowest BCUT2D eigenvalue weighted by Crippen LogP contribution is -2.63. The smallest absolute Gasteiger partial charge is 0.388 e. The summed E-state index contributed by atoms with van der Waals surface area (Å²) in [5.41, 5.74) is -1.09. The number of rotatable bonds is 5. The van der Waals surface area contributed by atoms with Crippen LogP contribution >= 0.6 is 0 Å². The number of nitrogens with zero attached hydrogens (tertiary/aromatic N) is 2. The van der Waals surface area contributed by atoms with Crippen LogP contribution in [0, 0.1) is 11.8 Å². The van der Waals surface area contributed by atoms with E-state index in [9.17, 15) is 23.1 Å². The molecule has 0 bridgehead atoms. The molecular formula is C25H33F3N2O2. The molecule has 2 saturated carbocycles. The molecule has 0 radical (unpaired) electrons. The van der Waals surface area contributed by atoms with Crippen LogP contribution in [0.5, 0.6) is 0 Å². The van der Waals surface area contributed by atoms with Crippen molar-refractivity contribution >= 4 is 12.0 Å². The van der Waals surface area contributed by atoms with Gasteiger partial charge in [-0.3, -0.25) is 9.69 Å². The number of hydrogen-bond acceptors (Lipinski definition) is 3. The van der Waals surface area contributed by atoms with Crippen molar-refractivity contribution in [1.29, 1.82) is 0 Å². The molecule has 1 aromatic carbocycles. The van der Waals surface area contributed by atoms with Crippen molar-refractivity contribution in [2.24, 2.45) is 11.8 Å². The molecule has 2 aliphatic carbocycles. The Balaban J connectivity index is 1.37. The number of aliphatic hydroxyl groups is 1. The van der Waals surface area contributed by atoms with Gasteiger partial charge in [0.05, 0.1) is 11.2 Å². The summed E-state index contributed by atoms with van der Waals surface area (Å²) in [7, 11) is 1.75. The number of carbonyl (C=O) groups is 1. The maximum atomic E-state index is 12.9. The quantitative estimate of drug-likeness (QED) is 0.668. The van der Waals surface area contributed by atoms with Gasteiger partial charge in [0.25, 0.3) is 0 Å². The van der Waals surface area contributed by atoms with Crippen LogP contribution in [-0.4, -0.2) is 58.6 Å². The molecule has 1 amide bonds. The van der Waals surface area contributed by atoms with Crippen LogP contribution in [0.1, 0.15) is 56.6 Å². The number of fused-ring (bicyclic) bond motifs is 1. The molecular weight excluding hydrogens is 417 g/mol. The molecule has 0 aromatic heterocycles. The Labute approximate surface area is 188 Å². The summed E-state index contributed by atoms with van der Waals surface area (Å²) in [5.74, 6) is 0.729. The van der Waals surface area contributed by atoms with Gasteiger partial charge in [-0.1, -0.05) is 12.1 Å². The minimum Gasteiger partial charge on any atom is -0.388 e. The van der Waals surface area contributed by atoms with Crippen molar-refractivity contribution in [3.05, 3.63) is 41.5 Å². The maximum Gasteiger partial charge on any atom is 0.416 e. The second-order valence-electron chi connectivity index (χ2n) is 9.93. The summed E-state index contributed by atoms with van der Waals surface area (Å²) in [6, 6.07) is 5.12. The van der Waals surface area contributed by atoms with Crippen LogP contribution in [0.4, 0.5) is 13.2 Å². The molecule has 4 rings (SSSR count). The van der Waals surface area contributed by atoms with Gasteiger partial charge in [0.1, 0.15) is 0 Å². The normalized spacial score (nSPS) is 31.5. The maximum absolute atomic E-state index is 12.9. The van der Waals surface area contributed by atoms with E-state index < -0.39 is 17.3 Å². The number of carbonyl (C=O) groups excluding carboxylic acids is 1. The number of benzene rings is 1. The van der Waals surface area contributed by atoms with E-state index >= 15 is 0 Å². The van der Waals surface area contributed by atoms with E-state index in [1.165, 1.54) is 31.1 Å². The number of halogens is 3. The third-order valence-corrected chi connectivity index (χ3v) is 7.89. The molecule has 32 heavy (non-hydrogen) atoms. The van der Waals surface area contributed by atoms with Crippen molar-refractivity contribution < 1.29 is 23.1 Å². The van der Waals surface area contributed by atoms with Crippen LogP contribution in [-0.2, 0) is 11.0 Å². The monoisotopic (exact) mass is 450 g/mol. The van der Waals surface area contributed by atoms with Crippen LogP contribution in [0.3, 0.4) is 0 Å². The highest BCUT2D eigenvalue weighted by Crippen LogP contribution is 2.45. The average Bonchev–Trinajstić information content (AvgIpc) is 3.58. The van der Waals surface area contributed by atoms with Gasteiger partial charge < -0.3 is 10.0 Å². The summed E-state index contributed by atoms with van der Waals surface area (Å²) in [4.78, 5) is 16.9. The molecule has 7 heteroatoms. The largest absolute Gasteiger partial charge is 0.416 e. The second kappa shape index (κ2) is 8.82. The fourth-order valence-corrected chi connectivity index (χ4v) is 5.52. The molecule has 1 aliphatic heterocycles. The Morgan fingerprint density at radius 3 is 2.72 bits per heavy atom. The Morgan fingerprint density at radius 1 is 1.28 bits per heavy atom. The van der Waals surface area contributed by atoms with Crippen LogP contribution < -0.4 is 0 Å². The SMILES string of the molecule is C[C@H]1N(CC2CC2)CCC2CC(N(C)C(=O)/C=C/c3cccc(C(F)(F)F)c3)CCC21O. The summed E-state index contributed by atoms with van der Waals surface area (Å²) < 4.78 is 38.7. The number of piperidine rings is 1. The predicted octanol–water partition coefficient (Wildman–Crippen LogP) is 4.58. The van der Waals surface area contributed by atoms with Crippen molar-refractivity contribution in [1.82, 2.24) is 9.80 Å². The lowest BCUT2D eigenvalue weighted by atomic mass is 9.66. The Kier molecular flexibility index (Phi) is 6.43. The van der Waals surface area contributed by atoms with Crippen LogP contribution in [0.25, 0.3) is 6.08 Å². The lowest BCUT2D eigenvalue weighted by Gasteiger charge is -2.54. The zero-order valence-electron chi connectivity index (χ0n) is 18.8. The first-order chi connectivity index (χ1) is 15.1. The molecule has 176 valence electrons. The number of amides is 1. The van der Waals surface area contributed by atoms with Crippen LogP contribution in [0.2, 0.25) is 0 Å². The Morgan fingerprint density at radius 2 is 2.03 bits per heavy atom. The average molecular weight is 451 g/mol. The van der Waals surface area contributed by atoms with E-state index in [2.05, 4.69) is 11.8 Å². The third kappa shape index (κ3) is 4.88. The molecule has 1 saturated heterocycles. The summed E-state index contributed by atoms with van der Waals surface area (Å²) in [5, 5.41) is 11.5. The van der Waals surface area contributed by atoms with E-state index in [-0.39, 0.29) is 23.9 Å². The fourth-order valence-electron chi connectivity index (χ4n) is 5.52. The summed E-state index contributed by atoms with van der Waals surface area (Å²) in [6.45, 7) is 4.21. The van der Waals surface area contributed by atoms with Gasteiger partial charge in [0.15, 0.2) is 0 Å². The van der Waals surface area contributed by atoms with Crippen LogP contribution in [0.15, 0.2) is 30.3 Å². The van der Waals surface area contributed by atoms with E-state index in [0.717, 1.165) is 50.4 Å². The second-order valence-corrected chi connectivity index (χ2v) is 9.93. The number of likely N-dealkylation sites (tertiary alicyclic amines) is 1. The predicted molar refractivity (Wildman–Crippen MR) is 118 cm³/mol. The highest BCUT2D eigenvalue weighted by atomic mass is 19.4. The molecule has 3 fully saturated rings. The van der Waals surface area contributed by atoms with Gasteiger partial charge >= 0.3 is 6.18 Å². The zero-order valence-corrected chi connectivity index (χ0v) is 18.8. The zero-order chi connectivity index (χ0) is 23.1. The Bertz CT molecular complexity index is 867. The van der Waals surface area contributed by atoms with Gasteiger partial charge in [0.2, 0.25) is 5.91 Å². The number of hydrogen-bond donors (Lipinski definition) is 1. The first-order valence-electron chi connectivity index (χ1n) is 11.7. The van der Waals surface area contributed by atoms with E-state index in [1.54, 1.807) is 18.0 Å². The van der Waals surface area contributed by atoms with Crippen molar-refractivity contribution in [3.63, 3.8) is 0 Å². The molecule has 0 spiro atoms. The van der Waals surface area contributed by atoms with Crippen molar-refractivity contribution in [2.45, 2.75) is 69.3 Å². The third-order valence-electron chi connectivity index (χ3n) is 7.89. The first-order valence-corrected chi connectivity index (χ1v) is 11.7. The standard InChI is InChI=1S/C25H33F3N2O2/c1-17-24(32)12-10-22(15-20(24)11-13-30(17)16-19-6-7-19)29(2)23(31)9-8-18-4-3-5-21(14-18)25(26,27)28/h3-5,8-9,14,17,19-20,22,32H,6-7,10-13,15-16H2,1-2H3/b9-8+/t17-,20?,22?,24?/m1/s1. The van der Waals surface area contributed by atoms with E-state index in [0.29, 0.717) is 12.0 Å². The first kappa shape index (κ1) is 23.3. The van der Waals surface area contributed by atoms with Crippen molar-refractivity contribution in [2.75, 3.05) is 20.1 Å². The number of alkyl halides is 3. The minimum absolute atomic E-state index is 0.0288. The topological polar surface area (TPSA) is 43.8 Å². The highest BCUT2D eigenvalue weighted by molar-refractivity contribution is 5.91. The fraction of sp³-hybridized carbons (Fsp3) is 0.640. The molecule has 4 atom stereocenters. The summed E-state index contributed by atoms with van der Waals surface area (Å²) in [6.07, 6.45) is 4.07. The lowest BCUT2D eigenvalue weighted by molar-refractivity contribution is -0.152. The van der Waals surface area contributed by atoms with Gasteiger partial charge in [-0.15, -0.1) is 0 Å². The van der Waals surface area contributed by atoms with Gasteiger partial charge in [-0.05, 0) is 87.6 Å². The Hall–Kier alpha value is -1.86. The van der Waals surface area contributed by atoms with Crippen molar-refractivity contribution in [3.8, 4) is 0 Å². The minimum atomic E-state index is -4.41. The van der Waals surface area contributed by atoms with Gasteiger partial charge in [0, 0.05) is 31.8 Å². The molecule has 1 N–H and O–H groups in total. The summed E-state index contributed by atoms with van der Waals surface area (Å²) >= 11 is 0. The molecule has 1 heterocycles. The van der Waals surface area contributed by atoms with E-state index in [4.69, 9.17) is 0 Å². The molecule has 4 nitrogen and oxygen atoms in total. The molecule has 1 aromatic rings. The molecule has 3 unspecified atom stereocenters. The highest BCUT2D eigenvalue weighted by Gasteiger charge is 2.51. The van der Waals surface area contributed by atoms with Gasteiger partial charge in [-0.2, -0.15) is 13.2 Å². The number of likely N-dealkylation sites (N-methyl/N-ethyl adjacent to an activating group) is 1. The van der Waals surface area contributed by atoms with Gasteiger partial charge in [-0.25, -0.2) is 0 Å². The van der Waals surface area contributed by atoms with E-state index in [1.807, 2.05) is 0 Å².